The molecule has 194 valence electrons. The lowest BCUT2D eigenvalue weighted by atomic mass is 10.00. The first-order valence-corrected chi connectivity index (χ1v) is 13.1. The molecular weight excluding hydrogens is 472 g/mol. The summed E-state index contributed by atoms with van der Waals surface area (Å²) in [5.74, 6) is 0.613. The molecule has 4 aromatic rings. The van der Waals surface area contributed by atoms with Gasteiger partial charge in [0.05, 0.1) is 5.69 Å². The molecule has 0 spiro atoms. The molecule has 7 heteroatoms. The maximum atomic E-state index is 13.1. The number of carbonyl (C=O) groups is 1. The topological polar surface area (TPSA) is 74.2 Å². The van der Waals surface area contributed by atoms with E-state index in [-0.39, 0.29) is 5.78 Å². The van der Waals surface area contributed by atoms with E-state index in [0.717, 1.165) is 72.1 Å². The molecule has 0 amide bonds. The first-order chi connectivity index (χ1) is 18.4. The zero-order valence-electron chi connectivity index (χ0n) is 22.3. The molecule has 1 aliphatic heterocycles. The van der Waals surface area contributed by atoms with E-state index in [1.807, 2.05) is 68.6 Å². The van der Waals surface area contributed by atoms with Crippen molar-refractivity contribution < 1.29 is 4.79 Å². The van der Waals surface area contributed by atoms with Crippen LogP contribution in [-0.2, 0) is 13.0 Å². The average molecular weight is 507 g/mol. The second-order valence-electron chi connectivity index (χ2n) is 10.1. The van der Waals surface area contributed by atoms with E-state index in [2.05, 4.69) is 49.2 Å². The Bertz CT molecular complexity index is 1390. The van der Waals surface area contributed by atoms with Gasteiger partial charge in [0.2, 0.25) is 5.95 Å². The summed E-state index contributed by atoms with van der Waals surface area (Å²) in [5.41, 5.74) is 7.58. The zero-order chi connectivity index (χ0) is 26.5. The van der Waals surface area contributed by atoms with Crippen molar-refractivity contribution in [2.24, 2.45) is 0 Å². The number of piperazine rings is 1. The molecule has 0 atom stereocenters. The van der Waals surface area contributed by atoms with E-state index in [1.165, 1.54) is 5.56 Å². The third-order valence-corrected chi connectivity index (χ3v) is 7.05. The Morgan fingerprint density at radius 3 is 2.39 bits per heavy atom. The van der Waals surface area contributed by atoms with Crippen LogP contribution in [0.3, 0.4) is 0 Å². The molecule has 0 unspecified atom stereocenters. The highest BCUT2D eigenvalue weighted by Gasteiger charge is 2.15. The molecule has 1 aliphatic rings. The summed E-state index contributed by atoms with van der Waals surface area (Å²) in [5, 5.41) is 3.33. The van der Waals surface area contributed by atoms with E-state index >= 15 is 0 Å². The van der Waals surface area contributed by atoms with Crippen molar-refractivity contribution in [2.45, 2.75) is 26.8 Å². The summed E-state index contributed by atoms with van der Waals surface area (Å²) in [4.78, 5) is 31.3. The Kier molecular flexibility index (Phi) is 7.86. The summed E-state index contributed by atoms with van der Waals surface area (Å²) in [6, 6.07) is 20.0. The number of nitrogens with zero attached hydrogens (tertiary/aromatic N) is 5. The van der Waals surface area contributed by atoms with Crippen LogP contribution in [0, 0.1) is 13.8 Å². The molecule has 0 aliphatic carbocycles. The number of anilines is 2. The summed E-state index contributed by atoms with van der Waals surface area (Å²) in [6.45, 7) is 9.29. The second kappa shape index (κ2) is 11.6. The van der Waals surface area contributed by atoms with Gasteiger partial charge in [0.1, 0.15) is 0 Å². The number of pyridine rings is 1. The van der Waals surface area contributed by atoms with E-state index in [0.29, 0.717) is 12.4 Å². The Balaban J connectivity index is 1.24. The number of ketones is 1. The lowest BCUT2D eigenvalue weighted by Crippen LogP contribution is -2.43. The van der Waals surface area contributed by atoms with Crippen LogP contribution in [0.15, 0.2) is 73.1 Å². The highest BCUT2D eigenvalue weighted by molar-refractivity contribution is 5.97. The Morgan fingerprint density at radius 2 is 1.66 bits per heavy atom. The molecule has 1 N–H and O–H groups in total. The maximum Gasteiger partial charge on any atom is 0.227 e. The van der Waals surface area contributed by atoms with Gasteiger partial charge in [-0.1, -0.05) is 36.4 Å². The number of likely N-dealkylation sites (N-methyl/N-ethyl adjacent to an activating group) is 1. The quantitative estimate of drug-likeness (QED) is 0.334. The van der Waals surface area contributed by atoms with Crippen LogP contribution in [0.4, 0.5) is 11.6 Å². The van der Waals surface area contributed by atoms with Crippen LogP contribution in [0.25, 0.3) is 11.3 Å². The minimum absolute atomic E-state index is 0.107. The highest BCUT2D eigenvalue weighted by atomic mass is 16.1. The molecule has 0 saturated carbocycles. The SMILES string of the molecule is Cc1ccc(-c2ccnc(Nc3cc(CC(=O)c4ccc(CN5CCN(C)CC5)cc4)ccc3C)n2)cn1. The first-order valence-electron chi connectivity index (χ1n) is 13.1. The van der Waals surface area contributed by atoms with Crippen LogP contribution in [-0.4, -0.2) is 63.8 Å². The fourth-order valence-corrected chi connectivity index (χ4v) is 4.58. The Labute approximate surface area is 224 Å². The van der Waals surface area contributed by atoms with Crippen LogP contribution < -0.4 is 5.32 Å². The van der Waals surface area contributed by atoms with Crippen molar-refractivity contribution in [3.8, 4) is 11.3 Å². The van der Waals surface area contributed by atoms with Crippen LogP contribution in [0.2, 0.25) is 0 Å². The number of hydrogen-bond donors (Lipinski definition) is 1. The predicted molar refractivity (Wildman–Crippen MR) is 152 cm³/mol. The molecule has 1 fully saturated rings. The zero-order valence-corrected chi connectivity index (χ0v) is 22.3. The highest BCUT2D eigenvalue weighted by Crippen LogP contribution is 2.23. The number of hydrogen-bond acceptors (Lipinski definition) is 7. The predicted octanol–water partition coefficient (Wildman–Crippen LogP) is 5.07. The summed E-state index contributed by atoms with van der Waals surface area (Å²) < 4.78 is 0. The van der Waals surface area contributed by atoms with Gasteiger partial charge in [-0.3, -0.25) is 14.7 Å². The standard InChI is InChI=1S/C31H34N6O/c1-22-4-6-25(18-29(22)35-31-32-13-12-28(34-31)27-9-5-23(2)33-20-27)19-30(38)26-10-7-24(8-11-26)21-37-16-14-36(3)15-17-37/h4-13,18,20H,14-17,19,21H2,1-3H3,(H,32,34,35). The van der Waals surface area contributed by atoms with E-state index in [4.69, 9.17) is 0 Å². The number of Topliss-reactive ketones (excluding diaryl/α,β-unsaturated/α-hetero) is 1. The van der Waals surface area contributed by atoms with Crippen LogP contribution in [0.1, 0.15) is 32.7 Å². The minimum Gasteiger partial charge on any atom is -0.324 e. The second-order valence-corrected chi connectivity index (χ2v) is 10.1. The van der Waals surface area contributed by atoms with Crippen molar-refractivity contribution in [3.63, 3.8) is 0 Å². The van der Waals surface area contributed by atoms with E-state index in [9.17, 15) is 4.79 Å². The lowest BCUT2D eigenvalue weighted by Gasteiger charge is -2.32. The van der Waals surface area contributed by atoms with Gasteiger partial charge in [-0.25, -0.2) is 9.97 Å². The summed E-state index contributed by atoms with van der Waals surface area (Å²) in [7, 11) is 2.17. The van der Waals surface area contributed by atoms with Crippen molar-refractivity contribution in [2.75, 3.05) is 38.5 Å². The average Bonchev–Trinajstić information content (AvgIpc) is 2.93. The monoisotopic (exact) mass is 506 g/mol. The maximum absolute atomic E-state index is 13.1. The fraction of sp³-hybridized carbons (Fsp3) is 0.290. The minimum atomic E-state index is 0.107. The molecule has 0 radical (unpaired) electrons. The molecule has 3 heterocycles. The van der Waals surface area contributed by atoms with E-state index in [1.54, 1.807) is 6.20 Å². The third-order valence-electron chi connectivity index (χ3n) is 7.05. The van der Waals surface area contributed by atoms with Crippen molar-refractivity contribution in [1.29, 1.82) is 0 Å². The number of aryl methyl sites for hydroxylation is 2. The molecule has 2 aromatic heterocycles. The number of nitrogens with one attached hydrogen (secondary N) is 1. The van der Waals surface area contributed by atoms with Gasteiger partial charge < -0.3 is 10.2 Å². The van der Waals surface area contributed by atoms with Gasteiger partial charge in [-0.15, -0.1) is 0 Å². The van der Waals surface area contributed by atoms with Gasteiger partial charge in [0.15, 0.2) is 5.78 Å². The number of benzene rings is 2. The molecule has 5 rings (SSSR count). The summed E-state index contributed by atoms with van der Waals surface area (Å²) >= 11 is 0. The normalized spacial score (nSPS) is 14.4. The Hall–Kier alpha value is -3.94. The van der Waals surface area contributed by atoms with Gasteiger partial charge in [0, 0.05) is 74.0 Å². The van der Waals surface area contributed by atoms with Crippen molar-refractivity contribution in [3.05, 3.63) is 101 Å². The molecule has 0 bridgehead atoms. The van der Waals surface area contributed by atoms with Gasteiger partial charge >= 0.3 is 0 Å². The molecule has 7 nitrogen and oxygen atoms in total. The lowest BCUT2D eigenvalue weighted by molar-refractivity contribution is 0.0993. The number of rotatable bonds is 8. The van der Waals surface area contributed by atoms with Crippen LogP contribution >= 0.6 is 0 Å². The number of aromatic nitrogens is 3. The van der Waals surface area contributed by atoms with Gasteiger partial charge in [0.25, 0.3) is 0 Å². The Morgan fingerprint density at radius 1 is 0.895 bits per heavy atom. The van der Waals surface area contributed by atoms with E-state index < -0.39 is 0 Å². The fourth-order valence-electron chi connectivity index (χ4n) is 4.58. The molecule has 38 heavy (non-hydrogen) atoms. The largest absolute Gasteiger partial charge is 0.324 e. The first kappa shape index (κ1) is 25.7. The number of carbonyl (C=O) groups excluding carboxylic acids is 1. The van der Waals surface area contributed by atoms with Crippen LogP contribution in [0.5, 0.6) is 0 Å². The smallest absolute Gasteiger partial charge is 0.227 e. The summed E-state index contributed by atoms with van der Waals surface area (Å²) in [6.07, 6.45) is 3.89. The molecule has 1 saturated heterocycles. The third kappa shape index (κ3) is 6.49. The van der Waals surface area contributed by atoms with Gasteiger partial charge in [-0.05, 0) is 61.9 Å². The van der Waals surface area contributed by atoms with Crippen molar-refractivity contribution >= 4 is 17.4 Å². The molecular formula is C31H34N6O. The van der Waals surface area contributed by atoms with Gasteiger partial charge in [-0.2, -0.15) is 0 Å². The molecule has 2 aromatic carbocycles. The van der Waals surface area contributed by atoms with Crippen molar-refractivity contribution in [1.82, 2.24) is 24.8 Å².